The predicted molar refractivity (Wildman–Crippen MR) is 115 cm³/mol. The minimum Gasteiger partial charge on any atom is -0.478 e. The lowest BCUT2D eigenvalue weighted by molar-refractivity contribution is -0.131. The summed E-state index contributed by atoms with van der Waals surface area (Å²) >= 11 is 0. The summed E-state index contributed by atoms with van der Waals surface area (Å²) in [6.07, 6.45) is 3.62. The lowest BCUT2D eigenvalue weighted by atomic mass is 9.90. The van der Waals surface area contributed by atoms with E-state index in [-0.39, 0.29) is 0 Å². The van der Waals surface area contributed by atoms with Gasteiger partial charge in [0.15, 0.2) is 0 Å². The first-order chi connectivity index (χ1) is 13.4. The lowest BCUT2D eigenvalue weighted by Gasteiger charge is -2.18. The van der Waals surface area contributed by atoms with E-state index in [9.17, 15) is 4.79 Å². The van der Waals surface area contributed by atoms with Gasteiger partial charge in [0.1, 0.15) is 0 Å². The molecule has 2 aromatic carbocycles. The Morgan fingerprint density at radius 2 is 1.89 bits per heavy atom. The van der Waals surface area contributed by atoms with E-state index in [1.807, 2.05) is 18.2 Å². The van der Waals surface area contributed by atoms with Gasteiger partial charge in [0.2, 0.25) is 0 Å². The smallest absolute Gasteiger partial charge is 0.328 e. The van der Waals surface area contributed by atoms with Gasteiger partial charge < -0.3 is 10.8 Å². The largest absolute Gasteiger partial charge is 0.478 e. The number of nitrogens with zero attached hydrogens (tertiary/aromatic N) is 1. The number of aliphatic carboxylic acids is 1. The van der Waals surface area contributed by atoms with Crippen LogP contribution in [0, 0.1) is 12.8 Å². The van der Waals surface area contributed by atoms with Crippen LogP contribution in [0.25, 0.3) is 28.1 Å². The molecule has 3 N–H and O–H groups in total. The first-order valence-electron chi connectivity index (χ1n) is 9.52. The van der Waals surface area contributed by atoms with E-state index in [1.165, 1.54) is 5.56 Å². The third-order valence-corrected chi connectivity index (χ3v) is 4.76. The highest BCUT2D eigenvalue weighted by Crippen LogP contribution is 2.34. The van der Waals surface area contributed by atoms with Crippen molar-refractivity contribution >= 4 is 22.9 Å². The van der Waals surface area contributed by atoms with E-state index in [4.69, 9.17) is 15.8 Å². The molecule has 0 aliphatic heterocycles. The Balaban J connectivity index is 2.32. The Hall–Kier alpha value is -2.98. The quantitative estimate of drug-likeness (QED) is 0.598. The van der Waals surface area contributed by atoms with Crippen LogP contribution in [0.3, 0.4) is 0 Å². The summed E-state index contributed by atoms with van der Waals surface area (Å²) in [7, 11) is 0. The van der Waals surface area contributed by atoms with Crippen molar-refractivity contribution in [2.45, 2.75) is 33.7 Å². The zero-order valence-electron chi connectivity index (χ0n) is 16.6. The lowest BCUT2D eigenvalue weighted by Crippen LogP contribution is -2.10. The van der Waals surface area contributed by atoms with Crippen molar-refractivity contribution < 1.29 is 9.90 Å². The number of aryl methyl sites for hydroxylation is 1. The third-order valence-electron chi connectivity index (χ3n) is 4.76. The molecule has 3 aromatic rings. The molecule has 0 spiro atoms. The number of pyridine rings is 1. The molecule has 1 aromatic heterocycles. The molecule has 0 fully saturated rings. The number of nitrogens with two attached hydrogens (primary N) is 1. The van der Waals surface area contributed by atoms with Crippen molar-refractivity contribution in [3.8, 4) is 11.1 Å². The molecule has 0 atom stereocenters. The number of hydrogen-bond acceptors (Lipinski definition) is 3. The van der Waals surface area contributed by atoms with Crippen molar-refractivity contribution in [2.24, 2.45) is 11.7 Å². The average molecular weight is 374 g/mol. The topological polar surface area (TPSA) is 76.2 Å². The molecule has 3 rings (SSSR count). The Morgan fingerprint density at radius 1 is 1.18 bits per heavy atom. The van der Waals surface area contributed by atoms with Crippen LogP contribution >= 0.6 is 0 Å². The van der Waals surface area contributed by atoms with Crippen molar-refractivity contribution in [3.63, 3.8) is 0 Å². The van der Waals surface area contributed by atoms with Crippen LogP contribution in [0.4, 0.5) is 0 Å². The summed E-state index contributed by atoms with van der Waals surface area (Å²) in [5, 5.41) is 9.92. The van der Waals surface area contributed by atoms with Crippen LogP contribution in [-0.2, 0) is 17.8 Å². The molecule has 0 aliphatic rings. The molecule has 0 aliphatic carbocycles. The standard InChI is InChI=1S/C24H26N2O2/c1-15(2)12-22-20(14-25)24(18-8-4-16(3)5-9-18)19-13-17(7-11-23(27)28)6-10-21(19)26-22/h4-11,13,15H,12,14,25H2,1-3H3,(H,27,28)/b11-7+. The highest BCUT2D eigenvalue weighted by atomic mass is 16.4. The number of hydrogen-bond donors (Lipinski definition) is 2. The maximum Gasteiger partial charge on any atom is 0.328 e. The molecule has 4 nitrogen and oxygen atoms in total. The molecule has 0 saturated carbocycles. The van der Waals surface area contributed by atoms with Gasteiger partial charge in [-0.1, -0.05) is 49.7 Å². The molecule has 0 radical (unpaired) electrons. The van der Waals surface area contributed by atoms with Crippen LogP contribution in [0.5, 0.6) is 0 Å². The number of rotatable bonds is 6. The zero-order chi connectivity index (χ0) is 20.3. The van der Waals surface area contributed by atoms with Crippen LogP contribution in [0.2, 0.25) is 0 Å². The van der Waals surface area contributed by atoms with E-state index in [2.05, 4.69) is 45.0 Å². The average Bonchev–Trinajstić information content (AvgIpc) is 2.65. The maximum absolute atomic E-state index is 10.9. The van der Waals surface area contributed by atoms with Gasteiger partial charge in [-0.15, -0.1) is 0 Å². The fourth-order valence-corrected chi connectivity index (χ4v) is 3.47. The molecule has 0 amide bonds. The van der Waals surface area contributed by atoms with Crippen LogP contribution in [-0.4, -0.2) is 16.1 Å². The third kappa shape index (κ3) is 4.29. The second-order valence-electron chi connectivity index (χ2n) is 7.53. The van der Waals surface area contributed by atoms with Gasteiger partial charge in [-0.2, -0.15) is 0 Å². The van der Waals surface area contributed by atoms with E-state index in [1.54, 1.807) is 6.08 Å². The molecule has 1 heterocycles. The molecule has 28 heavy (non-hydrogen) atoms. The van der Waals surface area contributed by atoms with Gasteiger partial charge in [-0.3, -0.25) is 4.98 Å². The summed E-state index contributed by atoms with van der Waals surface area (Å²) in [4.78, 5) is 15.8. The molecule has 0 bridgehead atoms. The van der Waals surface area contributed by atoms with Crippen LogP contribution in [0.15, 0.2) is 48.5 Å². The molecule has 144 valence electrons. The molecule has 4 heteroatoms. The van der Waals surface area contributed by atoms with Gasteiger partial charge in [0.05, 0.1) is 5.52 Å². The highest BCUT2D eigenvalue weighted by Gasteiger charge is 2.17. The van der Waals surface area contributed by atoms with Crippen LogP contribution in [0.1, 0.15) is 36.2 Å². The van der Waals surface area contributed by atoms with Crippen molar-refractivity contribution in [2.75, 3.05) is 0 Å². The number of carbonyl (C=O) groups is 1. The molecular weight excluding hydrogens is 348 g/mol. The fourth-order valence-electron chi connectivity index (χ4n) is 3.47. The highest BCUT2D eigenvalue weighted by molar-refractivity contribution is 5.98. The second-order valence-corrected chi connectivity index (χ2v) is 7.53. The van der Waals surface area contributed by atoms with E-state index in [0.29, 0.717) is 12.5 Å². The second kappa shape index (κ2) is 8.36. The summed E-state index contributed by atoms with van der Waals surface area (Å²) in [6, 6.07) is 14.3. The SMILES string of the molecule is Cc1ccc(-c2c(CN)c(CC(C)C)nc3ccc(/C=C/C(=O)O)cc23)cc1. The fraction of sp³-hybridized carbons (Fsp3) is 0.250. The minimum absolute atomic E-state index is 0.406. The summed E-state index contributed by atoms with van der Waals surface area (Å²) in [5.74, 6) is -0.495. The van der Waals surface area contributed by atoms with Crippen molar-refractivity contribution in [1.29, 1.82) is 0 Å². The Kier molecular flexibility index (Phi) is 5.90. The van der Waals surface area contributed by atoms with Crippen LogP contribution < -0.4 is 5.73 Å². The normalized spacial score (nSPS) is 11.6. The molecule has 0 unspecified atom stereocenters. The van der Waals surface area contributed by atoms with Gasteiger partial charge >= 0.3 is 5.97 Å². The Morgan fingerprint density at radius 3 is 2.50 bits per heavy atom. The van der Waals surface area contributed by atoms with E-state index >= 15 is 0 Å². The van der Waals surface area contributed by atoms with Gasteiger partial charge in [-0.25, -0.2) is 4.79 Å². The predicted octanol–water partition coefficient (Wildman–Crippen LogP) is 4.97. The number of fused-ring (bicyclic) bond motifs is 1. The first kappa shape index (κ1) is 19.8. The minimum atomic E-state index is -0.966. The molecular formula is C24H26N2O2. The van der Waals surface area contributed by atoms with E-state index in [0.717, 1.165) is 51.3 Å². The number of aromatic nitrogens is 1. The van der Waals surface area contributed by atoms with Gasteiger partial charge in [0, 0.05) is 23.7 Å². The van der Waals surface area contributed by atoms with Crippen molar-refractivity contribution in [3.05, 3.63) is 70.9 Å². The summed E-state index contributed by atoms with van der Waals surface area (Å²) in [6.45, 7) is 6.83. The van der Waals surface area contributed by atoms with Gasteiger partial charge in [0.25, 0.3) is 0 Å². The van der Waals surface area contributed by atoms with Gasteiger partial charge in [-0.05, 0) is 59.7 Å². The zero-order valence-corrected chi connectivity index (χ0v) is 16.6. The Bertz CT molecular complexity index is 1030. The number of carboxylic acids is 1. The number of benzene rings is 2. The van der Waals surface area contributed by atoms with E-state index < -0.39 is 5.97 Å². The number of carboxylic acid groups (broad SMARTS) is 1. The monoisotopic (exact) mass is 374 g/mol. The summed E-state index contributed by atoms with van der Waals surface area (Å²) in [5.41, 5.74) is 13.4. The molecule has 0 saturated heterocycles. The first-order valence-corrected chi connectivity index (χ1v) is 9.52. The maximum atomic E-state index is 10.9. The summed E-state index contributed by atoms with van der Waals surface area (Å²) < 4.78 is 0. The van der Waals surface area contributed by atoms with Crippen molar-refractivity contribution in [1.82, 2.24) is 4.98 Å². The Labute approximate surface area is 165 Å².